The molecule has 0 saturated heterocycles. The van der Waals surface area contributed by atoms with Gasteiger partial charge in [-0.3, -0.25) is 9.59 Å². The second-order valence-electron chi connectivity index (χ2n) is 5.25. The van der Waals surface area contributed by atoms with Crippen LogP contribution in [0.4, 0.5) is 0 Å². The molecule has 18 heavy (non-hydrogen) atoms. The number of carbonyl (C=O) groups excluding carboxylic acids is 2. The topological polar surface area (TPSA) is 84.2 Å². The van der Waals surface area contributed by atoms with E-state index in [1.165, 1.54) is 0 Å². The predicted molar refractivity (Wildman–Crippen MR) is 70.9 cm³/mol. The lowest BCUT2D eigenvalue weighted by molar-refractivity contribution is -0.123. The molecule has 2 amide bonds. The molecule has 1 unspecified atom stereocenters. The summed E-state index contributed by atoms with van der Waals surface area (Å²) in [6.07, 6.45) is 3.67. The van der Waals surface area contributed by atoms with Crippen molar-refractivity contribution in [3.05, 3.63) is 0 Å². The Morgan fingerprint density at radius 1 is 1.28 bits per heavy atom. The van der Waals surface area contributed by atoms with Crippen molar-refractivity contribution in [3.8, 4) is 0 Å². The van der Waals surface area contributed by atoms with E-state index < -0.39 is 0 Å². The Balaban J connectivity index is 2.22. The SMILES string of the molecule is CCNC(=O)CCCC(=O)NC(C)(CN)C1CC1. The molecule has 0 spiro atoms. The molecule has 0 aromatic rings. The molecular formula is C13H25N3O2. The average Bonchev–Trinajstić information content (AvgIpc) is 3.13. The summed E-state index contributed by atoms with van der Waals surface area (Å²) in [6.45, 7) is 5.00. The summed E-state index contributed by atoms with van der Waals surface area (Å²) in [5.41, 5.74) is 5.47. The molecule has 1 fully saturated rings. The highest BCUT2D eigenvalue weighted by molar-refractivity contribution is 5.79. The van der Waals surface area contributed by atoms with Crippen molar-refractivity contribution in [2.24, 2.45) is 11.7 Å². The monoisotopic (exact) mass is 255 g/mol. The maximum atomic E-state index is 11.8. The molecule has 1 saturated carbocycles. The van der Waals surface area contributed by atoms with Gasteiger partial charge in [0, 0.05) is 25.9 Å². The second kappa shape index (κ2) is 6.73. The Bertz CT molecular complexity index is 303. The van der Waals surface area contributed by atoms with Gasteiger partial charge in [0.2, 0.25) is 11.8 Å². The molecule has 0 heterocycles. The lowest BCUT2D eigenvalue weighted by Gasteiger charge is -2.29. The molecule has 1 aliphatic rings. The van der Waals surface area contributed by atoms with Crippen LogP contribution in [0.15, 0.2) is 0 Å². The quantitative estimate of drug-likeness (QED) is 0.592. The van der Waals surface area contributed by atoms with Crippen LogP contribution in [0.1, 0.15) is 46.0 Å². The van der Waals surface area contributed by atoms with Crippen molar-refractivity contribution in [3.63, 3.8) is 0 Å². The number of nitrogens with two attached hydrogens (primary N) is 1. The van der Waals surface area contributed by atoms with Crippen LogP contribution in [0.2, 0.25) is 0 Å². The Labute approximate surface area is 109 Å². The van der Waals surface area contributed by atoms with Crippen LogP contribution < -0.4 is 16.4 Å². The molecule has 104 valence electrons. The summed E-state index contributed by atoms with van der Waals surface area (Å²) in [5, 5.41) is 5.73. The molecule has 0 radical (unpaired) electrons. The number of hydrogen-bond acceptors (Lipinski definition) is 3. The standard InChI is InChI=1S/C13H25N3O2/c1-3-15-11(17)5-4-6-12(18)16-13(2,9-14)10-7-8-10/h10H,3-9,14H2,1-2H3,(H,15,17)(H,16,18). The van der Waals surface area contributed by atoms with Gasteiger partial charge in [0.25, 0.3) is 0 Å². The van der Waals surface area contributed by atoms with E-state index in [4.69, 9.17) is 5.73 Å². The van der Waals surface area contributed by atoms with E-state index in [1.807, 2.05) is 13.8 Å². The first-order valence-corrected chi connectivity index (χ1v) is 6.79. The third-order valence-corrected chi connectivity index (χ3v) is 3.51. The smallest absolute Gasteiger partial charge is 0.220 e. The Kier molecular flexibility index (Phi) is 5.59. The molecule has 1 atom stereocenters. The first-order valence-electron chi connectivity index (χ1n) is 6.79. The molecule has 1 aliphatic carbocycles. The number of amides is 2. The van der Waals surface area contributed by atoms with Crippen LogP contribution in [0.25, 0.3) is 0 Å². The Morgan fingerprint density at radius 3 is 2.39 bits per heavy atom. The molecular weight excluding hydrogens is 230 g/mol. The van der Waals surface area contributed by atoms with Gasteiger partial charge in [0.1, 0.15) is 0 Å². The molecule has 5 nitrogen and oxygen atoms in total. The maximum absolute atomic E-state index is 11.8. The van der Waals surface area contributed by atoms with E-state index in [0.717, 1.165) is 12.8 Å². The molecule has 5 heteroatoms. The molecule has 0 aromatic carbocycles. The number of rotatable bonds is 8. The van der Waals surface area contributed by atoms with Crippen LogP contribution >= 0.6 is 0 Å². The summed E-state index contributed by atoms with van der Waals surface area (Å²) < 4.78 is 0. The molecule has 0 aliphatic heterocycles. The van der Waals surface area contributed by atoms with Gasteiger partial charge in [0.05, 0.1) is 5.54 Å². The zero-order valence-electron chi connectivity index (χ0n) is 11.4. The van der Waals surface area contributed by atoms with E-state index in [1.54, 1.807) is 0 Å². The minimum Gasteiger partial charge on any atom is -0.356 e. The van der Waals surface area contributed by atoms with Crippen molar-refractivity contribution in [1.29, 1.82) is 0 Å². The summed E-state index contributed by atoms with van der Waals surface area (Å²) in [7, 11) is 0. The van der Waals surface area contributed by atoms with Crippen LogP contribution in [-0.2, 0) is 9.59 Å². The summed E-state index contributed by atoms with van der Waals surface area (Å²) >= 11 is 0. The first kappa shape index (κ1) is 15.0. The van der Waals surface area contributed by atoms with Gasteiger partial charge in [-0.2, -0.15) is 0 Å². The summed E-state index contributed by atoms with van der Waals surface area (Å²) in [5.74, 6) is 0.531. The minimum atomic E-state index is -0.261. The highest BCUT2D eigenvalue weighted by Crippen LogP contribution is 2.38. The zero-order chi connectivity index (χ0) is 13.6. The van der Waals surface area contributed by atoms with Crippen molar-refractivity contribution >= 4 is 11.8 Å². The van der Waals surface area contributed by atoms with Gasteiger partial charge in [0.15, 0.2) is 0 Å². The molecule has 1 rings (SSSR count). The van der Waals surface area contributed by atoms with Gasteiger partial charge >= 0.3 is 0 Å². The van der Waals surface area contributed by atoms with E-state index >= 15 is 0 Å². The predicted octanol–water partition coefficient (Wildman–Crippen LogP) is 0.536. The average molecular weight is 255 g/mol. The van der Waals surface area contributed by atoms with Crippen molar-refractivity contribution < 1.29 is 9.59 Å². The van der Waals surface area contributed by atoms with E-state index in [0.29, 0.717) is 38.3 Å². The van der Waals surface area contributed by atoms with Crippen molar-refractivity contribution in [1.82, 2.24) is 10.6 Å². The highest BCUT2D eigenvalue weighted by Gasteiger charge is 2.41. The van der Waals surface area contributed by atoms with Gasteiger partial charge < -0.3 is 16.4 Å². The number of carbonyl (C=O) groups is 2. The fraction of sp³-hybridized carbons (Fsp3) is 0.846. The van der Waals surface area contributed by atoms with Crippen molar-refractivity contribution in [2.75, 3.05) is 13.1 Å². The van der Waals surface area contributed by atoms with Crippen molar-refractivity contribution in [2.45, 2.75) is 51.5 Å². The third kappa shape index (κ3) is 4.64. The Morgan fingerprint density at radius 2 is 1.89 bits per heavy atom. The summed E-state index contributed by atoms with van der Waals surface area (Å²) in [4.78, 5) is 23.0. The molecule has 4 N–H and O–H groups in total. The van der Waals surface area contributed by atoms with Crippen LogP contribution in [-0.4, -0.2) is 30.4 Å². The van der Waals surface area contributed by atoms with Crippen LogP contribution in [0.5, 0.6) is 0 Å². The van der Waals surface area contributed by atoms with Gasteiger partial charge in [-0.15, -0.1) is 0 Å². The summed E-state index contributed by atoms with van der Waals surface area (Å²) in [6, 6.07) is 0. The molecule has 0 aromatic heterocycles. The lowest BCUT2D eigenvalue weighted by atomic mass is 9.95. The van der Waals surface area contributed by atoms with Crippen LogP contribution in [0.3, 0.4) is 0 Å². The maximum Gasteiger partial charge on any atom is 0.220 e. The van der Waals surface area contributed by atoms with Crippen LogP contribution in [0, 0.1) is 5.92 Å². The largest absolute Gasteiger partial charge is 0.356 e. The third-order valence-electron chi connectivity index (χ3n) is 3.51. The fourth-order valence-corrected chi connectivity index (χ4v) is 2.12. The van der Waals surface area contributed by atoms with E-state index in [2.05, 4.69) is 10.6 Å². The zero-order valence-corrected chi connectivity index (χ0v) is 11.4. The molecule has 0 bridgehead atoms. The minimum absolute atomic E-state index is 0.000788. The van der Waals surface area contributed by atoms with Gasteiger partial charge in [-0.25, -0.2) is 0 Å². The number of nitrogens with one attached hydrogen (secondary N) is 2. The number of hydrogen-bond donors (Lipinski definition) is 3. The fourth-order valence-electron chi connectivity index (χ4n) is 2.12. The van der Waals surface area contributed by atoms with E-state index in [9.17, 15) is 9.59 Å². The van der Waals surface area contributed by atoms with Gasteiger partial charge in [-0.1, -0.05) is 0 Å². The van der Waals surface area contributed by atoms with E-state index in [-0.39, 0.29) is 17.4 Å². The highest BCUT2D eigenvalue weighted by atomic mass is 16.2. The lowest BCUT2D eigenvalue weighted by Crippen LogP contribution is -2.53. The first-order chi connectivity index (χ1) is 8.51. The Hall–Kier alpha value is -1.10. The van der Waals surface area contributed by atoms with Gasteiger partial charge in [-0.05, 0) is 39.0 Å². The normalized spacial score (nSPS) is 17.9. The second-order valence-corrected chi connectivity index (χ2v) is 5.25.